The second-order valence-electron chi connectivity index (χ2n) is 5.38. The van der Waals surface area contributed by atoms with Crippen LogP contribution in [0.1, 0.15) is 33.9 Å². The fourth-order valence-corrected chi connectivity index (χ4v) is 3.44. The summed E-state index contributed by atoms with van der Waals surface area (Å²) in [6.07, 6.45) is 2.97. The largest absolute Gasteiger partial charge is 0.465 e. The molecule has 0 fully saturated rings. The second kappa shape index (κ2) is 6.56. The van der Waals surface area contributed by atoms with Gasteiger partial charge in [-0.05, 0) is 30.0 Å². The number of nitro groups is 1. The van der Waals surface area contributed by atoms with Crippen LogP contribution in [0.15, 0.2) is 34.9 Å². The van der Waals surface area contributed by atoms with Crippen LogP contribution in [0.25, 0.3) is 0 Å². The second-order valence-corrected chi connectivity index (χ2v) is 6.24. The first-order valence-corrected chi connectivity index (χ1v) is 8.07. The Morgan fingerprint density at radius 2 is 2.29 bits per heavy atom. The Bertz CT molecular complexity index is 825. The number of methoxy groups -OCH3 is 1. The average molecular weight is 392 g/mol. The summed E-state index contributed by atoms with van der Waals surface area (Å²) < 4.78 is 5.61. The summed E-state index contributed by atoms with van der Waals surface area (Å²) in [6, 6.07) is 7.03. The van der Waals surface area contributed by atoms with Gasteiger partial charge in [-0.2, -0.15) is 0 Å². The summed E-state index contributed by atoms with van der Waals surface area (Å²) in [7, 11) is 1.22. The van der Waals surface area contributed by atoms with Crippen molar-refractivity contribution in [3.05, 3.63) is 61.7 Å². The molecule has 0 amide bonds. The molecule has 3 rings (SSSR count). The van der Waals surface area contributed by atoms with Crippen molar-refractivity contribution in [3.63, 3.8) is 0 Å². The average Bonchev–Trinajstić information content (AvgIpc) is 2.98. The zero-order chi connectivity index (χ0) is 17.3. The summed E-state index contributed by atoms with van der Waals surface area (Å²) in [5.74, 6) is -0.516. The molecule has 1 aromatic heterocycles. The van der Waals surface area contributed by atoms with E-state index in [4.69, 9.17) is 0 Å². The molecule has 1 atom stereocenters. The molecule has 1 heterocycles. The maximum atomic E-state index is 11.5. The summed E-state index contributed by atoms with van der Waals surface area (Å²) in [5.41, 5.74) is 2.09. The van der Waals surface area contributed by atoms with Crippen molar-refractivity contribution in [3.8, 4) is 0 Å². The van der Waals surface area contributed by atoms with Gasteiger partial charge in [0.05, 0.1) is 23.6 Å². The van der Waals surface area contributed by atoms with E-state index in [1.54, 1.807) is 0 Å². The van der Waals surface area contributed by atoms with Gasteiger partial charge in [-0.1, -0.05) is 28.1 Å². The van der Waals surface area contributed by atoms with Crippen LogP contribution in [0.5, 0.6) is 0 Å². The van der Waals surface area contributed by atoms with Crippen molar-refractivity contribution in [1.82, 2.24) is 4.98 Å². The van der Waals surface area contributed by atoms with Crippen LogP contribution < -0.4 is 5.32 Å². The van der Waals surface area contributed by atoms with Gasteiger partial charge in [0.25, 0.3) is 0 Å². The fraction of sp³-hybridized carbons (Fsp3) is 0.250. The van der Waals surface area contributed by atoms with E-state index in [1.807, 2.05) is 18.2 Å². The minimum absolute atomic E-state index is 0.0457. The number of hydrogen-bond acceptors (Lipinski definition) is 6. The molecule has 1 N–H and O–H groups in total. The fourth-order valence-electron chi connectivity index (χ4n) is 2.86. The lowest BCUT2D eigenvalue weighted by atomic mass is 10.1. The van der Waals surface area contributed by atoms with Gasteiger partial charge in [0.15, 0.2) is 0 Å². The third-order valence-electron chi connectivity index (χ3n) is 4.01. The van der Waals surface area contributed by atoms with E-state index in [1.165, 1.54) is 24.9 Å². The standard InChI is InChI=1S/C16H14BrN3O4/c1-24-16(21)9-7-14(20(22)23)15(18-8-9)19-13-6-5-10-11(13)3-2-4-12(10)17/h2-4,7-8,13H,5-6H2,1H3,(H,18,19). The molecule has 124 valence electrons. The number of hydrogen-bond donors (Lipinski definition) is 1. The smallest absolute Gasteiger partial charge is 0.339 e. The number of carbonyl (C=O) groups excluding carboxylic acids is 1. The molecule has 1 aromatic carbocycles. The van der Waals surface area contributed by atoms with Crippen LogP contribution in [0.3, 0.4) is 0 Å². The molecule has 24 heavy (non-hydrogen) atoms. The van der Waals surface area contributed by atoms with E-state index in [2.05, 4.69) is 31.0 Å². The molecular weight excluding hydrogens is 378 g/mol. The molecule has 0 saturated heterocycles. The van der Waals surface area contributed by atoms with E-state index in [9.17, 15) is 14.9 Å². The van der Waals surface area contributed by atoms with Crippen LogP contribution in [-0.2, 0) is 11.2 Å². The lowest BCUT2D eigenvalue weighted by Gasteiger charge is -2.15. The number of esters is 1. The van der Waals surface area contributed by atoms with E-state index in [0.717, 1.165) is 22.9 Å². The summed E-state index contributed by atoms with van der Waals surface area (Å²) >= 11 is 3.53. The maximum absolute atomic E-state index is 11.5. The van der Waals surface area contributed by atoms with Crippen LogP contribution >= 0.6 is 15.9 Å². The third kappa shape index (κ3) is 2.96. The summed E-state index contributed by atoms with van der Waals surface area (Å²) in [5, 5.41) is 14.5. The molecule has 0 aliphatic heterocycles. The highest BCUT2D eigenvalue weighted by Crippen LogP contribution is 2.38. The number of fused-ring (bicyclic) bond motifs is 1. The number of pyridine rings is 1. The molecule has 2 aromatic rings. The Kier molecular flexibility index (Phi) is 4.48. The van der Waals surface area contributed by atoms with Gasteiger partial charge < -0.3 is 10.1 Å². The molecule has 0 saturated carbocycles. The number of carbonyl (C=O) groups is 1. The zero-order valence-corrected chi connectivity index (χ0v) is 14.4. The summed E-state index contributed by atoms with van der Waals surface area (Å²) in [4.78, 5) is 26.4. The number of nitrogens with zero attached hydrogens (tertiary/aromatic N) is 2. The third-order valence-corrected chi connectivity index (χ3v) is 4.75. The van der Waals surface area contributed by atoms with E-state index in [0.29, 0.717) is 0 Å². The van der Waals surface area contributed by atoms with E-state index < -0.39 is 10.9 Å². The van der Waals surface area contributed by atoms with Crippen molar-refractivity contribution in [2.24, 2.45) is 0 Å². The molecule has 0 bridgehead atoms. The number of benzene rings is 1. The normalized spacial score (nSPS) is 15.7. The number of nitrogens with one attached hydrogen (secondary N) is 1. The van der Waals surface area contributed by atoms with Crippen molar-refractivity contribution in [1.29, 1.82) is 0 Å². The first-order chi connectivity index (χ1) is 11.5. The van der Waals surface area contributed by atoms with Gasteiger partial charge in [0, 0.05) is 16.7 Å². The number of anilines is 1. The van der Waals surface area contributed by atoms with Gasteiger partial charge in [-0.25, -0.2) is 9.78 Å². The quantitative estimate of drug-likeness (QED) is 0.485. The van der Waals surface area contributed by atoms with Crippen molar-refractivity contribution >= 4 is 33.4 Å². The lowest BCUT2D eigenvalue weighted by Crippen LogP contribution is -2.12. The van der Waals surface area contributed by atoms with Crippen LogP contribution in [0.2, 0.25) is 0 Å². The molecule has 8 heteroatoms. The summed E-state index contributed by atoms with van der Waals surface area (Å²) in [6.45, 7) is 0. The van der Waals surface area contributed by atoms with Crippen molar-refractivity contribution in [2.75, 3.05) is 12.4 Å². The molecule has 7 nitrogen and oxygen atoms in total. The predicted octanol–water partition coefficient (Wildman–Crippen LogP) is 3.64. The minimum atomic E-state index is -0.660. The van der Waals surface area contributed by atoms with Crippen LogP contribution in [0.4, 0.5) is 11.5 Å². The Labute approximate surface area is 146 Å². The van der Waals surface area contributed by atoms with Gasteiger partial charge in [-0.3, -0.25) is 10.1 Å². The Morgan fingerprint density at radius 3 is 3.00 bits per heavy atom. The number of halogens is 1. The van der Waals surface area contributed by atoms with Crippen molar-refractivity contribution < 1.29 is 14.5 Å². The Morgan fingerprint density at radius 1 is 1.50 bits per heavy atom. The molecule has 0 radical (unpaired) electrons. The highest BCUT2D eigenvalue weighted by atomic mass is 79.9. The van der Waals surface area contributed by atoms with Gasteiger partial charge in [-0.15, -0.1) is 0 Å². The Balaban J connectivity index is 1.93. The predicted molar refractivity (Wildman–Crippen MR) is 91.1 cm³/mol. The van der Waals surface area contributed by atoms with Crippen LogP contribution in [-0.4, -0.2) is 23.0 Å². The molecule has 1 aliphatic carbocycles. The monoisotopic (exact) mass is 391 g/mol. The molecule has 1 aliphatic rings. The molecule has 0 spiro atoms. The lowest BCUT2D eigenvalue weighted by molar-refractivity contribution is -0.384. The highest BCUT2D eigenvalue weighted by molar-refractivity contribution is 9.10. The van der Waals surface area contributed by atoms with Gasteiger partial charge in [0.1, 0.15) is 0 Å². The number of ether oxygens (including phenoxy) is 1. The maximum Gasteiger partial charge on any atom is 0.339 e. The van der Waals surface area contributed by atoms with Crippen molar-refractivity contribution in [2.45, 2.75) is 18.9 Å². The molecule has 1 unspecified atom stereocenters. The first kappa shape index (κ1) is 16.4. The molecular formula is C16H14BrN3O4. The SMILES string of the molecule is COC(=O)c1cnc(NC2CCc3c(Br)cccc32)c([N+](=O)[O-])c1. The zero-order valence-electron chi connectivity index (χ0n) is 12.8. The van der Waals surface area contributed by atoms with Gasteiger partial charge in [0.2, 0.25) is 5.82 Å². The highest BCUT2D eigenvalue weighted by Gasteiger charge is 2.27. The topological polar surface area (TPSA) is 94.4 Å². The van der Waals surface area contributed by atoms with Gasteiger partial charge >= 0.3 is 11.7 Å². The van der Waals surface area contributed by atoms with E-state index in [-0.39, 0.29) is 23.1 Å². The first-order valence-electron chi connectivity index (χ1n) is 7.28. The number of aromatic nitrogens is 1. The van der Waals surface area contributed by atoms with Crippen LogP contribution in [0, 0.1) is 10.1 Å². The van der Waals surface area contributed by atoms with E-state index >= 15 is 0 Å². The minimum Gasteiger partial charge on any atom is -0.465 e. The number of rotatable bonds is 4. The Hall–Kier alpha value is -2.48.